The third kappa shape index (κ3) is 5.07. The summed E-state index contributed by atoms with van der Waals surface area (Å²) in [4.78, 5) is 42.9. The molecule has 35 heavy (non-hydrogen) atoms. The summed E-state index contributed by atoms with van der Waals surface area (Å²) in [7, 11) is 1.54. The largest absolute Gasteiger partial charge is 0.383 e. The Morgan fingerprint density at radius 1 is 1.11 bits per heavy atom. The fourth-order valence-corrected chi connectivity index (χ4v) is 5.47. The molecule has 0 aromatic heterocycles. The molecule has 0 unspecified atom stereocenters. The number of imide groups is 1. The van der Waals surface area contributed by atoms with Crippen LogP contribution < -0.4 is 5.32 Å². The van der Waals surface area contributed by atoms with Crippen LogP contribution in [0.4, 0.5) is 4.79 Å². The van der Waals surface area contributed by atoms with Gasteiger partial charge in [0.05, 0.1) is 19.1 Å². The number of carbonyl (C=O) groups excluding carboxylic acids is 3. The summed E-state index contributed by atoms with van der Waals surface area (Å²) in [6.07, 6.45) is 1.53. The zero-order valence-electron chi connectivity index (χ0n) is 20.2. The van der Waals surface area contributed by atoms with Gasteiger partial charge in [0.25, 0.3) is 5.91 Å². The molecule has 2 fully saturated rings. The van der Waals surface area contributed by atoms with Gasteiger partial charge in [0.1, 0.15) is 5.54 Å². The number of methoxy groups -OCH3 is 1. The smallest absolute Gasteiger partial charge is 0.325 e. The molecule has 2 aliphatic heterocycles. The molecule has 4 rings (SSSR count). The minimum absolute atomic E-state index is 0.0818. The number of benzene rings is 2. The molecule has 0 radical (unpaired) electrons. The van der Waals surface area contributed by atoms with E-state index in [1.807, 2.05) is 60.4 Å². The number of rotatable bonds is 8. The first kappa shape index (κ1) is 25.2. The van der Waals surface area contributed by atoms with Gasteiger partial charge in [-0.05, 0) is 42.9 Å². The first-order chi connectivity index (χ1) is 16.9. The Morgan fingerprint density at radius 3 is 2.43 bits per heavy atom. The van der Waals surface area contributed by atoms with E-state index in [-0.39, 0.29) is 36.8 Å². The predicted octanol–water partition coefficient (Wildman–Crippen LogP) is 3.86. The Kier molecular flexibility index (Phi) is 7.77. The molecule has 7 nitrogen and oxygen atoms in total. The first-order valence-electron chi connectivity index (χ1n) is 12.1. The number of piperidine rings is 1. The number of carbonyl (C=O) groups is 3. The van der Waals surface area contributed by atoms with Crippen molar-refractivity contribution in [3.05, 3.63) is 70.7 Å². The summed E-state index contributed by atoms with van der Waals surface area (Å²) >= 11 is 6.45. The number of hydrogen-bond acceptors (Lipinski definition) is 4. The van der Waals surface area contributed by atoms with Gasteiger partial charge in [0, 0.05) is 31.6 Å². The highest BCUT2D eigenvalue weighted by atomic mass is 35.5. The molecule has 2 aromatic carbocycles. The zero-order valence-corrected chi connectivity index (χ0v) is 21.0. The molecule has 0 aliphatic carbocycles. The SMILES string of the molecule is COCCN1C(=O)N[C@](Cc2ccccc2Cl)(C2CCN(C(=O)[C@H](C)c3ccccc3)CC2)C1=O. The summed E-state index contributed by atoms with van der Waals surface area (Å²) in [5, 5.41) is 3.60. The number of nitrogens with one attached hydrogen (secondary N) is 1. The molecule has 0 spiro atoms. The third-order valence-corrected chi connectivity index (χ3v) is 7.69. The summed E-state index contributed by atoms with van der Waals surface area (Å²) in [5.41, 5.74) is 0.699. The van der Waals surface area contributed by atoms with Crippen molar-refractivity contribution < 1.29 is 19.1 Å². The number of hydrogen-bond donors (Lipinski definition) is 1. The number of urea groups is 1. The monoisotopic (exact) mass is 497 g/mol. The van der Waals surface area contributed by atoms with Crippen molar-refractivity contribution in [3.63, 3.8) is 0 Å². The van der Waals surface area contributed by atoms with E-state index in [4.69, 9.17) is 16.3 Å². The Balaban J connectivity index is 1.54. The topological polar surface area (TPSA) is 79.0 Å². The Labute approximate surface area is 211 Å². The molecule has 2 atom stereocenters. The van der Waals surface area contributed by atoms with Crippen molar-refractivity contribution in [2.75, 3.05) is 33.4 Å². The van der Waals surface area contributed by atoms with Gasteiger partial charge >= 0.3 is 6.03 Å². The molecule has 2 aliphatic rings. The van der Waals surface area contributed by atoms with E-state index >= 15 is 0 Å². The lowest BCUT2D eigenvalue weighted by Crippen LogP contribution is -2.58. The summed E-state index contributed by atoms with van der Waals surface area (Å²) < 4.78 is 5.11. The van der Waals surface area contributed by atoms with Crippen molar-refractivity contribution in [1.29, 1.82) is 0 Å². The fraction of sp³-hybridized carbons (Fsp3) is 0.444. The summed E-state index contributed by atoms with van der Waals surface area (Å²) in [6.45, 7) is 3.46. The quantitative estimate of drug-likeness (QED) is 0.562. The summed E-state index contributed by atoms with van der Waals surface area (Å²) in [6, 6.07) is 16.7. The standard InChI is InChI=1S/C27H32ClN3O4/c1-19(20-8-4-3-5-9-20)24(32)30-14-12-22(13-15-30)27(18-21-10-6-7-11-23(21)28)25(33)31(16-17-35-2)26(34)29-27/h3-11,19,22H,12-18H2,1-2H3,(H,29,34)/t19-,27-/m1/s1. The highest BCUT2D eigenvalue weighted by Gasteiger charge is 2.56. The molecule has 1 N–H and O–H groups in total. The van der Waals surface area contributed by atoms with E-state index in [1.54, 1.807) is 13.2 Å². The van der Waals surface area contributed by atoms with E-state index in [1.165, 1.54) is 4.90 Å². The van der Waals surface area contributed by atoms with Gasteiger partial charge in [0.15, 0.2) is 0 Å². The summed E-state index contributed by atoms with van der Waals surface area (Å²) in [5.74, 6) is -0.527. The molecule has 2 saturated heterocycles. The highest BCUT2D eigenvalue weighted by molar-refractivity contribution is 6.31. The van der Waals surface area contributed by atoms with E-state index in [9.17, 15) is 14.4 Å². The maximum Gasteiger partial charge on any atom is 0.325 e. The van der Waals surface area contributed by atoms with Crippen LogP contribution in [0.5, 0.6) is 0 Å². The Hall–Kier alpha value is -2.90. The molecule has 2 heterocycles. The van der Waals surface area contributed by atoms with Gasteiger partial charge < -0.3 is 15.0 Å². The number of ether oxygens (including phenoxy) is 1. The number of halogens is 1. The van der Waals surface area contributed by atoms with Crippen LogP contribution >= 0.6 is 11.6 Å². The van der Waals surface area contributed by atoms with Crippen molar-refractivity contribution in [2.24, 2.45) is 5.92 Å². The van der Waals surface area contributed by atoms with Crippen LogP contribution in [-0.2, 0) is 20.7 Å². The second kappa shape index (κ2) is 10.8. The third-order valence-electron chi connectivity index (χ3n) is 7.32. The molecule has 0 bridgehead atoms. The average molecular weight is 498 g/mol. The highest BCUT2D eigenvalue weighted by Crippen LogP contribution is 2.38. The lowest BCUT2D eigenvalue weighted by Gasteiger charge is -2.41. The lowest BCUT2D eigenvalue weighted by molar-refractivity contribution is -0.136. The number of nitrogens with zero attached hydrogens (tertiary/aromatic N) is 2. The van der Waals surface area contributed by atoms with Crippen molar-refractivity contribution in [1.82, 2.24) is 15.1 Å². The lowest BCUT2D eigenvalue weighted by atomic mass is 9.73. The van der Waals surface area contributed by atoms with Crippen LogP contribution in [0.25, 0.3) is 0 Å². The maximum atomic E-state index is 13.7. The zero-order chi connectivity index (χ0) is 25.0. The van der Waals surface area contributed by atoms with Gasteiger partial charge in [-0.2, -0.15) is 0 Å². The van der Waals surface area contributed by atoms with Gasteiger partial charge in [-0.3, -0.25) is 14.5 Å². The second-order valence-corrected chi connectivity index (χ2v) is 9.76. The predicted molar refractivity (Wildman–Crippen MR) is 134 cm³/mol. The number of amides is 4. The van der Waals surface area contributed by atoms with Crippen LogP contribution in [0.1, 0.15) is 36.8 Å². The van der Waals surface area contributed by atoms with E-state index in [2.05, 4.69) is 5.32 Å². The van der Waals surface area contributed by atoms with Gasteiger partial charge in [-0.15, -0.1) is 0 Å². The van der Waals surface area contributed by atoms with Crippen LogP contribution in [0.15, 0.2) is 54.6 Å². The molecule has 2 aromatic rings. The van der Waals surface area contributed by atoms with Gasteiger partial charge in [-0.1, -0.05) is 60.1 Å². The van der Waals surface area contributed by atoms with Crippen LogP contribution in [0, 0.1) is 5.92 Å². The number of likely N-dealkylation sites (tertiary alicyclic amines) is 1. The molecule has 4 amide bonds. The maximum absolute atomic E-state index is 13.7. The normalized spacial score (nSPS) is 21.8. The fourth-order valence-electron chi connectivity index (χ4n) is 5.26. The Morgan fingerprint density at radius 2 is 1.77 bits per heavy atom. The molecule has 8 heteroatoms. The van der Waals surface area contributed by atoms with Crippen LogP contribution in [0.3, 0.4) is 0 Å². The molecular weight excluding hydrogens is 466 g/mol. The molecule has 0 saturated carbocycles. The van der Waals surface area contributed by atoms with E-state index in [0.717, 1.165) is 11.1 Å². The van der Waals surface area contributed by atoms with Gasteiger partial charge in [0.2, 0.25) is 5.91 Å². The Bertz CT molecular complexity index is 1070. The molecular formula is C27H32ClN3O4. The minimum Gasteiger partial charge on any atom is -0.383 e. The van der Waals surface area contributed by atoms with Crippen LogP contribution in [0.2, 0.25) is 5.02 Å². The first-order valence-corrected chi connectivity index (χ1v) is 12.5. The minimum atomic E-state index is -1.10. The second-order valence-electron chi connectivity index (χ2n) is 9.35. The van der Waals surface area contributed by atoms with Crippen molar-refractivity contribution >= 4 is 29.4 Å². The average Bonchev–Trinajstić information content (AvgIpc) is 3.13. The van der Waals surface area contributed by atoms with E-state index < -0.39 is 11.6 Å². The van der Waals surface area contributed by atoms with Crippen molar-refractivity contribution in [2.45, 2.75) is 37.6 Å². The van der Waals surface area contributed by atoms with Crippen molar-refractivity contribution in [3.8, 4) is 0 Å². The van der Waals surface area contributed by atoms with Crippen LogP contribution in [-0.4, -0.2) is 66.5 Å². The molecule has 186 valence electrons. The van der Waals surface area contributed by atoms with Gasteiger partial charge in [-0.25, -0.2) is 4.79 Å². The van der Waals surface area contributed by atoms with E-state index in [0.29, 0.717) is 37.4 Å².